The summed E-state index contributed by atoms with van der Waals surface area (Å²) in [5.74, 6) is -0.206. The summed E-state index contributed by atoms with van der Waals surface area (Å²) in [6.07, 6.45) is 3.30. The fraction of sp³-hybridized carbons (Fsp3) is 0.348. The fourth-order valence-electron chi connectivity index (χ4n) is 4.07. The van der Waals surface area contributed by atoms with Gasteiger partial charge in [0.05, 0.1) is 23.7 Å². The van der Waals surface area contributed by atoms with Gasteiger partial charge in [-0.1, -0.05) is 11.6 Å². The van der Waals surface area contributed by atoms with Gasteiger partial charge < -0.3 is 4.74 Å². The van der Waals surface area contributed by atoms with E-state index in [0.717, 1.165) is 0 Å². The average molecular weight is 489 g/mol. The van der Waals surface area contributed by atoms with E-state index in [9.17, 15) is 13.2 Å². The number of aryl methyl sites for hydroxylation is 2. The fourth-order valence-corrected chi connectivity index (χ4v) is 4.23. The van der Waals surface area contributed by atoms with Crippen molar-refractivity contribution >= 4 is 22.8 Å². The van der Waals surface area contributed by atoms with E-state index in [1.54, 1.807) is 12.1 Å². The number of halogens is 4. The second-order valence-electron chi connectivity index (χ2n) is 8.23. The van der Waals surface area contributed by atoms with E-state index in [1.165, 1.54) is 18.5 Å². The van der Waals surface area contributed by atoms with Crippen LogP contribution in [0.5, 0.6) is 0 Å². The van der Waals surface area contributed by atoms with Gasteiger partial charge >= 0.3 is 6.55 Å². The standard InChI is InChI=1S/C23H20ClF3N6O/c1-11-12(2)30-22-20(29-11)19(16-4-3-15(24)8-17(16)25)31-21(32-22)13-5-6-34-18(7-13)14-9-28-33(10-14)23(26)27/h3-4,8-10,13,18,23H,5-7H2,1-2H3/t13-,18-/m0/s1. The van der Waals surface area contributed by atoms with Crippen LogP contribution in [0.3, 0.4) is 0 Å². The summed E-state index contributed by atoms with van der Waals surface area (Å²) < 4.78 is 47.2. The molecule has 1 aromatic carbocycles. The van der Waals surface area contributed by atoms with Crippen molar-refractivity contribution in [3.8, 4) is 11.3 Å². The molecule has 5 rings (SSSR count). The Bertz CT molecular complexity index is 1380. The van der Waals surface area contributed by atoms with E-state index in [2.05, 4.69) is 20.1 Å². The van der Waals surface area contributed by atoms with Gasteiger partial charge in [-0.05, 0) is 44.9 Å². The highest BCUT2D eigenvalue weighted by atomic mass is 35.5. The number of rotatable bonds is 4. The van der Waals surface area contributed by atoms with E-state index in [0.29, 0.717) is 63.8 Å². The van der Waals surface area contributed by atoms with Crippen LogP contribution in [-0.2, 0) is 4.74 Å². The van der Waals surface area contributed by atoms with Crippen LogP contribution < -0.4 is 0 Å². The highest BCUT2D eigenvalue weighted by molar-refractivity contribution is 6.30. The normalized spacial score (nSPS) is 18.7. The Labute approximate surface area is 198 Å². The lowest BCUT2D eigenvalue weighted by atomic mass is 9.92. The van der Waals surface area contributed by atoms with Crippen molar-refractivity contribution in [2.75, 3.05) is 6.61 Å². The lowest BCUT2D eigenvalue weighted by Gasteiger charge is -2.28. The van der Waals surface area contributed by atoms with Gasteiger partial charge in [0.2, 0.25) is 0 Å². The number of alkyl halides is 2. The van der Waals surface area contributed by atoms with Crippen LogP contribution in [0.15, 0.2) is 30.6 Å². The molecule has 0 aliphatic carbocycles. The van der Waals surface area contributed by atoms with E-state index < -0.39 is 18.5 Å². The molecule has 1 aliphatic rings. The third kappa shape index (κ3) is 4.23. The maximum Gasteiger partial charge on any atom is 0.333 e. The van der Waals surface area contributed by atoms with Crippen LogP contribution in [-0.4, -0.2) is 36.3 Å². The highest BCUT2D eigenvalue weighted by Gasteiger charge is 2.30. The first-order chi connectivity index (χ1) is 16.3. The minimum absolute atomic E-state index is 0.157. The first kappa shape index (κ1) is 22.7. The third-order valence-electron chi connectivity index (χ3n) is 5.99. The molecule has 1 saturated heterocycles. The molecule has 34 heavy (non-hydrogen) atoms. The molecular formula is C23H20ClF3N6O. The summed E-state index contributed by atoms with van der Waals surface area (Å²) in [7, 11) is 0. The van der Waals surface area contributed by atoms with Gasteiger partial charge in [-0.3, -0.25) is 0 Å². The summed E-state index contributed by atoms with van der Waals surface area (Å²) in [6.45, 7) is 1.32. The van der Waals surface area contributed by atoms with Crippen molar-refractivity contribution in [2.24, 2.45) is 0 Å². The number of ether oxygens (including phenoxy) is 1. The van der Waals surface area contributed by atoms with Gasteiger partial charge in [0, 0.05) is 34.9 Å². The average Bonchev–Trinajstić information content (AvgIpc) is 3.31. The van der Waals surface area contributed by atoms with Gasteiger partial charge in [-0.2, -0.15) is 13.9 Å². The van der Waals surface area contributed by atoms with Crippen molar-refractivity contribution in [1.82, 2.24) is 29.7 Å². The first-order valence-corrected chi connectivity index (χ1v) is 11.1. The Kier molecular flexibility index (Phi) is 5.95. The van der Waals surface area contributed by atoms with Crippen molar-refractivity contribution in [1.29, 1.82) is 0 Å². The highest BCUT2D eigenvalue weighted by Crippen LogP contribution is 2.38. The lowest BCUT2D eigenvalue weighted by molar-refractivity contribution is 0.00350. The van der Waals surface area contributed by atoms with Crippen LogP contribution in [0, 0.1) is 19.7 Å². The van der Waals surface area contributed by atoms with Crippen LogP contribution in [0.2, 0.25) is 5.02 Å². The number of hydrogen-bond donors (Lipinski definition) is 0. The molecule has 0 spiro atoms. The van der Waals surface area contributed by atoms with Crippen LogP contribution in [0.1, 0.15) is 54.2 Å². The van der Waals surface area contributed by atoms with E-state index in [4.69, 9.17) is 21.3 Å². The molecule has 0 unspecified atom stereocenters. The summed E-state index contributed by atoms with van der Waals surface area (Å²) in [5, 5.41) is 3.98. The molecule has 4 aromatic rings. The lowest BCUT2D eigenvalue weighted by Crippen LogP contribution is -2.20. The van der Waals surface area contributed by atoms with Crippen molar-refractivity contribution in [3.63, 3.8) is 0 Å². The minimum Gasteiger partial charge on any atom is -0.373 e. The van der Waals surface area contributed by atoms with E-state index in [-0.39, 0.29) is 16.5 Å². The predicted molar refractivity (Wildman–Crippen MR) is 119 cm³/mol. The zero-order valence-electron chi connectivity index (χ0n) is 18.3. The molecule has 1 fully saturated rings. The van der Waals surface area contributed by atoms with Crippen molar-refractivity contribution < 1.29 is 17.9 Å². The van der Waals surface area contributed by atoms with Gasteiger partial charge in [-0.25, -0.2) is 29.0 Å². The molecule has 176 valence electrons. The molecule has 0 N–H and O–H groups in total. The van der Waals surface area contributed by atoms with Crippen molar-refractivity contribution in [3.05, 3.63) is 64.2 Å². The van der Waals surface area contributed by atoms with Crippen LogP contribution in [0.25, 0.3) is 22.4 Å². The molecule has 1 aliphatic heterocycles. The SMILES string of the molecule is Cc1nc2nc([C@H]3CCO[C@H](c4cnn(C(F)F)c4)C3)nc(-c3ccc(Cl)cc3F)c2nc1C. The molecule has 0 saturated carbocycles. The molecule has 3 aromatic heterocycles. The number of nitrogens with zero attached hydrogens (tertiary/aromatic N) is 6. The van der Waals surface area contributed by atoms with Gasteiger partial charge in [0.1, 0.15) is 22.9 Å². The first-order valence-electron chi connectivity index (χ1n) is 10.7. The number of fused-ring (bicyclic) bond motifs is 1. The maximum atomic E-state index is 14.9. The Morgan fingerprint density at radius 1 is 1.12 bits per heavy atom. The second-order valence-corrected chi connectivity index (χ2v) is 8.67. The third-order valence-corrected chi connectivity index (χ3v) is 6.22. The van der Waals surface area contributed by atoms with Gasteiger partial charge in [0.25, 0.3) is 0 Å². The summed E-state index contributed by atoms with van der Waals surface area (Å²) >= 11 is 5.95. The number of benzene rings is 1. The minimum atomic E-state index is -2.72. The molecule has 11 heteroatoms. The van der Waals surface area contributed by atoms with Crippen LogP contribution >= 0.6 is 11.6 Å². The van der Waals surface area contributed by atoms with E-state index in [1.807, 2.05) is 13.8 Å². The van der Waals surface area contributed by atoms with Gasteiger partial charge in [0.15, 0.2) is 5.65 Å². The molecular weight excluding hydrogens is 469 g/mol. The topological polar surface area (TPSA) is 78.6 Å². The Balaban J connectivity index is 1.58. The van der Waals surface area contributed by atoms with E-state index >= 15 is 0 Å². The molecule has 4 heterocycles. The summed E-state index contributed by atoms with van der Waals surface area (Å²) in [6, 6.07) is 4.38. The Morgan fingerprint density at radius 2 is 1.91 bits per heavy atom. The zero-order valence-corrected chi connectivity index (χ0v) is 19.1. The van der Waals surface area contributed by atoms with Crippen molar-refractivity contribution in [2.45, 2.75) is 45.3 Å². The Hall–Kier alpha value is -3.11. The van der Waals surface area contributed by atoms with Gasteiger partial charge in [-0.15, -0.1) is 0 Å². The maximum absolute atomic E-state index is 14.9. The molecule has 0 radical (unpaired) electrons. The number of aromatic nitrogens is 6. The van der Waals surface area contributed by atoms with Crippen LogP contribution in [0.4, 0.5) is 13.2 Å². The summed E-state index contributed by atoms with van der Waals surface area (Å²) in [5.41, 5.74) is 3.31. The smallest absolute Gasteiger partial charge is 0.333 e. The largest absolute Gasteiger partial charge is 0.373 e. The molecule has 2 atom stereocenters. The second kappa shape index (κ2) is 8.92. The molecule has 0 bridgehead atoms. The molecule has 0 amide bonds. The quantitative estimate of drug-likeness (QED) is 0.365. The Morgan fingerprint density at radius 3 is 2.65 bits per heavy atom. The molecule has 7 nitrogen and oxygen atoms in total. The zero-order chi connectivity index (χ0) is 24.0. The predicted octanol–water partition coefficient (Wildman–Crippen LogP) is 5.72. The number of hydrogen-bond acceptors (Lipinski definition) is 6. The summed E-state index contributed by atoms with van der Waals surface area (Å²) in [4.78, 5) is 18.6. The monoisotopic (exact) mass is 488 g/mol.